The highest BCUT2D eigenvalue weighted by molar-refractivity contribution is 7.60. The lowest BCUT2D eigenvalue weighted by Gasteiger charge is -2.18. The van der Waals surface area contributed by atoms with Crippen molar-refractivity contribution < 1.29 is 23.9 Å². The normalized spacial score (nSPS) is 11.2. The maximum absolute atomic E-state index is 11.6. The minimum Gasteiger partial charge on any atom is -0.379 e. The molecule has 0 aliphatic carbocycles. The van der Waals surface area contributed by atoms with Gasteiger partial charge < -0.3 is 26.6 Å². The van der Waals surface area contributed by atoms with E-state index in [1.165, 1.54) is 30.5 Å². The summed E-state index contributed by atoms with van der Waals surface area (Å²) in [4.78, 5) is 57.5. The zero-order chi connectivity index (χ0) is 23.6. The van der Waals surface area contributed by atoms with E-state index in [1.807, 2.05) is 0 Å². The number of benzene rings is 1. The second-order valence-electron chi connectivity index (χ2n) is 6.24. The number of hydrazine groups is 2. The number of rotatable bonds is 6. The number of hydrogen-bond acceptors (Lipinski definition) is 10. The number of primary amides is 2. The average Bonchev–Trinajstić information content (AvgIpc) is 2.75. The van der Waals surface area contributed by atoms with Gasteiger partial charge in [0.15, 0.2) is 17.0 Å². The van der Waals surface area contributed by atoms with Gasteiger partial charge in [-0.3, -0.25) is 4.57 Å². The van der Waals surface area contributed by atoms with Crippen LogP contribution < -0.4 is 43.8 Å². The number of carbonyl (C=O) groups is 2. The van der Waals surface area contributed by atoms with Crippen LogP contribution in [0.3, 0.4) is 0 Å². The van der Waals surface area contributed by atoms with Gasteiger partial charge in [-0.05, 0) is 24.3 Å². The Bertz CT molecular complexity index is 1230. The minimum atomic E-state index is -4.34. The third-order valence-corrected chi connectivity index (χ3v) is 4.99. The van der Waals surface area contributed by atoms with Crippen LogP contribution in [0.1, 0.15) is 5.69 Å². The van der Waals surface area contributed by atoms with Gasteiger partial charge in [0.25, 0.3) is 5.95 Å². The Hall–Kier alpha value is -3.95. The molecule has 32 heavy (non-hydrogen) atoms. The Morgan fingerprint density at radius 1 is 1.00 bits per heavy atom. The molecule has 3 aromatic rings. The maximum Gasteiger partial charge on any atom is 0.356 e. The Balaban J connectivity index is 1.93. The fraction of sp³-hybridized carbons (Fsp3) is 0.0667. The van der Waals surface area contributed by atoms with Crippen molar-refractivity contribution in [3.8, 4) is 0 Å². The number of nitrogens with two attached hydrogens (primary N) is 4. The molecule has 0 saturated carbocycles. The summed E-state index contributed by atoms with van der Waals surface area (Å²) in [6.45, 7) is 0.130. The number of hydrogen-bond donors (Lipinski definition) is 7. The fourth-order valence-corrected chi connectivity index (χ4v) is 2.99. The number of carbonyl (C=O) groups excluding carboxylic acids is 2. The summed E-state index contributed by atoms with van der Waals surface area (Å²) in [5, 5.41) is 3.79. The first-order valence-corrected chi connectivity index (χ1v) is 10.2. The van der Waals surface area contributed by atoms with E-state index in [-0.39, 0.29) is 34.8 Å². The highest BCUT2D eigenvalue weighted by atomic mass is 31.2. The Morgan fingerprint density at radius 2 is 1.62 bits per heavy atom. The van der Waals surface area contributed by atoms with Gasteiger partial charge in [-0.2, -0.15) is 15.0 Å². The quantitative estimate of drug-likeness (QED) is 0.0938. The standard InChI is InChI=1S/C15H18N11O5P/c16-13(27)25(18)12-10-11(23-15(24-12)26(19)14(17)28)21-6-8(22-10)5-20-7-1-3-9(4-2-7)32(29,30)31/h1-4,6,20H,5,18-19H2,(H2,16,27)(H2,17,28)(H2,29,30,31). The van der Waals surface area contributed by atoms with E-state index in [0.29, 0.717) is 21.4 Å². The predicted octanol–water partition coefficient (Wildman–Crippen LogP) is -1.65. The molecule has 0 aliphatic rings. The number of aromatic nitrogens is 4. The Labute approximate surface area is 179 Å². The van der Waals surface area contributed by atoms with Gasteiger partial charge in [0.1, 0.15) is 0 Å². The molecular formula is C15H18N11O5P. The van der Waals surface area contributed by atoms with Crippen LogP contribution in [-0.2, 0) is 11.1 Å². The molecule has 0 unspecified atom stereocenters. The zero-order valence-electron chi connectivity index (χ0n) is 16.2. The van der Waals surface area contributed by atoms with Crippen molar-refractivity contribution in [1.82, 2.24) is 19.9 Å². The SMILES string of the molecule is NC(=O)N(N)c1nc(N(N)C(N)=O)c2nc(CNc3ccc(P(=O)(O)O)cc3)cnc2n1. The molecule has 4 amide bonds. The van der Waals surface area contributed by atoms with Crippen molar-refractivity contribution in [2.75, 3.05) is 15.3 Å². The van der Waals surface area contributed by atoms with Gasteiger partial charge in [0.05, 0.1) is 23.7 Å². The topological polar surface area (TPSA) is 266 Å². The first-order valence-electron chi connectivity index (χ1n) is 8.59. The second-order valence-corrected chi connectivity index (χ2v) is 7.85. The fourth-order valence-electron chi connectivity index (χ4n) is 2.45. The number of fused-ring (bicyclic) bond motifs is 1. The first kappa shape index (κ1) is 22.7. The molecule has 17 heteroatoms. The smallest absolute Gasteiger partial charge is 0.356 e. The maximum atomic E-state index is 11.6. The summed E-state index contributed by atoms with van der Waals surface area (Å²) in [6.07, 6.45) is 1.36. The first-order chi connectivity index (χ1) is 15.0. The number of amides is 4. The molecule has 0 fully saturated rings. The van der Waals surface area contributed by atoms with E-state index in [1.54, 1.807) is 0 Å². The lowest BCUT2D eigenvalue weighted by Crippen LogP contribution is -2.45. The minimum absolute atomic E-state index is 0.0101. The molecule has 16 nitrogen and oxygen atoms in total. The highest BCUT2D eigenvalue weighted by Gasteiger charge is 2.22. The monoisotopic (exact) mass is 463 g/mol. The Kier molecular flexibility index (Phi) is 6.15. The molecule has 0 radical (unpaired) electrons. The number of nitrogens with one attached hydrogen (secondary N) is 1. The lowest BCUT2D eigenvalue weighted by molar-refractivity contribution is 0.253. The van der Waals surface area contributed by atoms with E-state index in [9.17, 15) is 14.2 Å². The third-order valence-electron chi connectivity index (χ3n) is 4.02. The molecule has 0 bridgehead atoms. The largest absolute Gasteiger partial charge is 0.379 e. The van der Waals surface area contributed by atoms with Crippen molar-refractivity contribution in [1.29, 1.82) is 0 Å². The molecule has 0 aliphatic heterocycles. The van der Waals surface area contributed by atoms with Crippen molar-refractivity contribution in [2.45, 2.75) is 6.54 Å². The van der Waals surface area contributed by atoms with E-state index < -0.39 is 19.7 Å². The van der Waals surface area contributed by atoms with Gasteiger partial charge in [-0.1, -0.05) is 0 Å². The van der Waals surface area contributed by atoms with Gasteiger partial charge >= 0.3 is 19.7 Å². The van der Waals surface area contributed by atoms with Crippen molar-refractivity contribution >= 4 is 53.6 Å². The summed E-state index contributed by atoms with van der Waals surface area (Å²) >= 11 is 0. The summed E-state index contributed by atoms with van der Waals surface area (Å²) < 4.78 is 11.2. The summed E-state index contributed by atoms with van der Waals surface area (Å²) in [5.74, 6) is 10.5. The average molecular weight is 463 g/mol. The van der Waals surface area contributed by atoms with Crippen LogP contribution in [0.4, 0.5) is 27.0 Å². The lowest BCUT2D eigenvalue weighted by atomic mass is 10.3. The van der Waals surface area contributed by atoms with E-state index in [4.69, 9.17) is 32.9 Å². The number of nitrogens with zero attached hydrogens (tertiary/aromatic N) is 6. The summed E-state index contributed by atoms with van der Waals surface area (Å²) in [7, 11) is -4.34. The van der Waals surface area contributed by atoms with Gasteiger partial charge in [0.2, 0.25) is 0 Å². The third kappa shape index (κ3) is 4.85. The molecule has 0 spiro atoms. The van der Waals surface area contributed by atoms with E-state index >= 15 is 0 Å². The number of urea groups is 2. The predicted molar refractivity (Wildman–Crippen MR) is 113 cm³/mol. The molecule has 3 rings (SSSR count). The molecule has 2 heterocycles. The molecule has 1 aromatic carbocycles. The second kappa shape index (κ2) is 8.66. The molecule has 0 saturated heterocycles. The summed E-state index contributed by atoms with van der Waals surface area (Å²) in [6, 6.07) is 3.40. The van der Waals surface area contributed by atoms with Crippen LogP contribution >= 0.6 is 7.60 Å². The van der Waals surface area contributed by atoms with Gasteiger partial charge in [-0.25, -0.2) is 36.3 Å². The molecule has 11 N–H and O–H groups in total. The molecular weight excluding hydrogens is 445 g/mol. The summed E-state index contributed by atoms with van der Waals surface area (Å²) in [5.41, 5.74) is 11.2. The van der Waals surface area contributed by atoms with Crippen LogP contribution in [0.25, 0.3) is 11.2 Å². The van der Waals surface area contributed by atoms with Crippen LogP contribution in [0.5, 0.6) is 0 Å². The van der Waals surface area contributed by atoms with E-state index in [0.717, 1.165) is 0 Å². The van der Waals surface area contributed by atoms with Crippen LogP contribution in [-0.4, -0.2) is 41.8 Å². The molecule has 0 atom stereocenters. The van der Waals surface area contributed by atoms with E-state index in [2.05, 4.69) is 25.3 Å². The highest BCUT2D eigenvalue weighted by Crippen LogP contribution is 2.33. The number of anilines is 3. The van der Waals surface area contributed by atoms with Crippen molar-refractivity contribution in [3.63, 3.8) is 0 Å². The molecule has 2 aromatic heterocycles. The van der Waals surface area contributed by atoms with Gasteiger partial charge in [0, 0.05) is 5.69 Å². The Morgan fingerprint density at radius 3 is 2.19 bits per heavy atom. The van der Waals surface area contributed by atoms with Crippen LogP contribution in [0.15, 0.2) is 30.5 Å². The van der Waals surface area contributed by atoms with Crippen molar-refractivity contribution in [3.05, 3.63) is 36.2 Å². The van der Waals surface area contributed by atoms with Crippen LogP contribution in [0.2, 0.25) is 0 Å². The van der Waals surface area contributed by atoms with Gasteiger partial charge in [-0.15, -0.1) is 0 Å². The van der Waals surface area contributed by atoms with Crippen molar-refractivity contribution in [2.24, 2.45) is 23.2 Å². The zero-order valence-corrected chi connectivity index (χ0v) is 17.0. The van der Waals surface area contributed by atoms with Crippen LogP contribution in [0, 0.1) is 0 Å². The molecule has 168 valence electrons.